The number of aliphatic hydroxyl groups excluding tert-OH is 1. The molecule has 4 nitrogen and oxygen atoms in total. The number of ether oxygens (including phenoxy) is 1. The van der Waals surface area contributed by atoms with Crippen LogP contribution in [-0.4, -0.2) is 43.5 Å². The Hall–Kier alpha value is -0.650. The molecule has 0 fully saturated rings. The van der Waals surface area contributed by atoms with E-state index in [9.17, 15) is 5.11 Å². The first kappa shape index (κ1) is 13.4. The number of methoxy groups -OCH3 is 1. The molecule has 1 heterocycles. The van der Waals surface area contributed by atoms with E-state index in [2.05, 4.69) is 20.9 Å². The van der Waals surface area contributed by atoms with E-state index >= 15 is 0 Å². The maximum absolute atomic E-state index is 9.60. The van der Waals surface area contributed by atoms with Gasteiger partial charge in [-0.2, -0.15) is 0 Å². The molecule has 1 rings (SSSR count). The maximum Gasteiger partial charge on any atom is 0.128 e. The fourth-order valence-electron chi connectivity index (χ4n) is 1.40. The number of likely N-dealkylation sites (N-methyl/N-ethyl adjacent to an activating group) is 1. The third-order valence-corrected chi connectivity index (χ3v) is 3.08. The monoisotopic (exact) mass is 288 g/mol. The zero-order chi connectivity index (χ0) is 12.1. The SMILES string of the molecule is COCC(O)CN(C)c1ccc(Br)c(C)n1. The molecule has 0 saturated carbocycles. The van der Waals surface area contributed by atoms with E-state index in [4.69, 9.17) is 4.74 Å². The maximum atomic E-state index is 9.60. The highest BCUT2D eigenvalue weighted by atomic mass is 79.9. The molecular formula is C11H17BrN2O2. The van der Waals surface area contributed by atoms with Crippen molar-refractivity contribution in [2.24, 2.45) is 0 Å². The fourth-order valence-corrected chi connectivity index (χ4v) is 1.62. The molecule has 1 unspecified atom stereocenters. The number of nitrogens with zero attached hydrogens (tertiary/aromatic N) is 2. The number of rotatable bonds is 5. The Labute approximate surface area is 104 Å². The van der Waals surface area contributed by atoms with Crippen LogP contribution in [0.5, 0.6) is 0 Å². The number of halogens is 1. The Morgan fingerprint density at radius 1 is 1.56 bits per heavy atom. The van der Waals surface area contributed by atoms with Crippen molar-refractivity contribution >= 4 is 21.7 Å². The summed E-state index contributed by atoms with van der Waals surface area (Å²) in [6, 6.07) is 3.87. The predicted octanol–water partition coefficient (Wildman–Crippen LogP) is 1.60. The summed E-state index contributed by atoms with van der Waals surface area (Å²) in [5, 5.41) is 9.60. The molecule has 0 amide bonds. The van der Waals surface area contributed by atoms with Gasteiger partial charge in [-0.05, 0) is 35.0 Å². The summed E-state index contributed by atoms with van der Waals surface area (Å²) in [5.41, 5.74) is 0.936. The second kappa shape index (κ2) is 6.18. The summed E-state index contributed by atoms with van der Waals surface area (Å²) < 4.78 is 5.87. The number of pyridine rings is 1. The number of hydrogen-bond donors (Lipinski definition) is 1. The summed E-state index contributed by atoms with van der Waals surface area (Å²) in [6.45, 7) is 2.77. The fraction of sp³-hybridized carbons (Fsp3) is 0.545. The van der Waals surface area contributed by atoms with Crippen LogP contribution in [-0.2, 0) is 4.74 Å². The minimum absolute atomic E-state index is 0.333. The number of aliphatic hydroxyl groups is 1. The van der Waals surface area contributed by atoms with Gasteiger partial charge >= 0.3 is 0 Å². The molecule has 1 atom stereocenters. The zero-order valence-electron chi connectivity index (χ0n) is 9.77. The van der Waals surface area contributed by atoms with Gasteiger partial charge in [0.15, 0.2) is 0 Å². The van der Waals surface area contributed by atoms with E-state index in [1.54, 1.807) is 7.11 Å². The molecule has 0 radical (unpaired) electrons. The first-order chi connectivity index (χ1) is 7.54. The van der Waals surface area contributed by atoms with Crippen LogP contribution < -0.4 is 4.90 Å². The van der Waals surface area contributed by atoms with Crippen molar-refractivity contribution in [3.63, 3.8) is 0 Å². The predicted molar refractivity (Wildman–Crippen MR) is 67.8 cm³/mol. The molecule has 16 heavy (non-hydrogen) atoms. The third kappa shape index (κ3) is 3.73. The van der Waals surface area contributed by atoms with E-state index in [1.807, 2.05) is 31.0 Å². The normalized spacial score (nSPS) is 12.6. The number of hydrogen-bond acceptors (Lipinski definition) is 4. The molecule has 5 heteroatoms. The first-order valence-corrected chi connectivity index (χ1v) is 5.85. The van der Waals surface area contributed by atoms with Gasteiger partial charge in [0.05, 0.1) is 18.4 Å². The van der Waals surface area contributed by atoms with Gasteiger partial charge in [-0.3, -0.25) is 0 Å². The van der Waals surface area contributed by atoms with Crippen LogP contribution in [0.1, 0.15) is 5.69 Å². The Bertz CT molecular complexity index is 347. The van der Waals surface area contributed by atoms with E-state index in [0.717, 1.165) is 16.0 Å². The smallest absolute Gasteiger partial charge is 0.128 e. The first-order valence-electron chi connectivity index (χ1n) is 5.06. The second-order valence-corrected chi connectivity index (χ2v) is 4.58. The molecule has 0 aliphatic carbocycles. The lowest BCUT2D eigenvalue weighted by atomic mass is 10.3. The van der Waals surface area contributed by atoms with Gasteiger partial charge in [-0.1, -0.05) is 0 Å². The average molecular weight is 289 g/mol. The summed E-state index contributed by atoms with van der Waals surface area (Å²) in [6.07, 6.45) is -0.499. The molecule has 0 aromatic carbocycles. The van der Waals surface area contributed by atoms with Crippen molar-refractivity contribution in [2.75, 3.05) is 32.2 Å². The van der Waals surface area contributed by atoms with E-state index < -0.39 is 6.10 Å². The molecule has 90 valence electrons. The van der Waals surface area contributed by atoms with Gasteiger partial charge in [0.25, 0.3) is 0 Å². The molecule has 1 aromatic heterocycles. The van der Waals surface area contributed by atoms with Crippen LogP contribution >= 0.6 is 15.9 Å². The van der Waals surface area contributed by atoms with Crippen molar-refractivity contribution in [3.05, 3.63) is 22.3 Å². The lowest BCUT2D eigenvalue weighted by molar-refractivity contribution is 0.0694. The Kier molecular flexibility index (Phi) is 5.18. The van der Waals surface area contributed by atoms with Crippen molar-refractivity contribution in [2.45, 2.75) is 13.0 Å². The Morgan fingerprint density at radius 3 is 2.81 bits per heavy atom. The summed E-state index contributed by atoms with van der Waals surface area (Å²) in [5.74, 6) is 0.843. The van der Waals surface area contributed by atoms with Gasteiger partial charge in [0, 0.05) is 25.2 Å². The molecule has 0 bridgehead atoms. The highest BCUT2D eigenvalue weighted by Gasteiger charge is 2.10. The van der Waals surface area contributed by atoms with E-state index in [0.29, 0.717) is 13.2 Å². The van der Waals surface area contributed by atoms with Gasteiger partial charge in [-0.15, -0.1) is 0 Å². The summed E-state index contributed by atoms with van der Waals surface area (Å²) in [4.78, 5) is 6.32. The Morgan fingerprint density at radius 2 is 2.25 bits per heavy atom. The highest BCUT2D eigenvalue weighted by Crippen LogP contribution is 2.18. The van der Waals surface area contributed by atoms with Crippen LogP contribution in [0.15, 0.2) is 16.6 Å². The zero-order valence-corrected chi connectivity index (χ0v) is 11.4. The molecular weight excluding hydrogens is 272 g/mol. The van der Waals surface area contributed by atoms with Gasteiger partial charge in [-0.25, -0.2) is 4.98 Å². The second-order valence-electron chi connectivity index (χ2n) is 3.73. The van der Waals surface area contributed by atoms with Crippen LogP contribution in [0, 0.1) is 6.92 Å². The Balaban J connectivity index is 2.65. The quantitative estimate of drug-likeness (QED) is 0.894. The molecule has 1 aromatic rings. The number of aryl methyl sites for hydroxylation is 1. The van der Waals surface area contributed by atoms with Crippen molar-refractivity contribution in [1.29, 1.82) is 0 Å². The molecule has 0 aliphatic heterocycles. The standard InChI is InChI=1S/C11H17BrN2O2/c1-8-10(12)4-5-11(13-8)14(2)6-9(15)7-16-3/h4-5,9,15H,6-7H2,1-3H3. The lowest BCUT2D eigenvalue weighted by Gasteiger charge is -2.21. The topological polar surface area (TPSA) is 45.6 Å². The molecule has 0 saturated heterocycles. The van der Waals surface area contributed by atoms with Crippen molar-refractivity contribution < 1.29 is 9.84 Å². The summed E-state index contributed by atoms with van der Waals surface area (Å²) >= 11 is 3.40. The molecule has 0 spiro atoms. The van der Waals surface area contributed by atoms with Gasteiger partial charge in [0.1, 0.15) is 5.82 Å². The highest BCUT2D eigenvalue weighted by molar-refractivity contribution is 9.10. The minimum Gasteiger partial charge on any atom is -0.389 e. The molecule has 1 N–H and O–H groups in total. The third-order valence-electron chi connectivity index (χ3n) is 2.24. The van der Waals surface area contributed by atoms with Gasteiger partial charge < -0.3 is 14.7 Å². The minimum atomic E-state index is -0.499. The number of aromatic nitrogens is 1. The van der Waals surface area contributed by atoms with Crippen LogP contribution in [0.4, 0.5) is 5.82 Å². The largest absolute Gasteiger partial charge is 0.389 e. The lowest BCUT2D eigenvalue weighted by Crippen LogP contribution is -2.32. The van der Waals surface area contributed by atoms with Gasteiger partial charge in [0.2, 0.25) is 0 Å². The van der Waals surface area contributed by atoms with E-state index in [1.165, 1.54) is 0 Å². The van der Waals surface area contributed by atoms with Crippen LogP contribution in [0.3, 0.4) is 0 Å². The summed E-state index contributed by atoms with van der Waals surface area (Å²) in [7, 11) is 3.47. The van der Waals surface area contributed by atoms with Crippen LogP contribution in [0.2, 0.25) is 0 Å². The van der Waals surface area contributed by atoms with Crippen molar-refractivity contribution in [3.8, 4) is 0 Å². The average Bonchev–Trinajstić information content (AvgIpc) is 2.22. The van der Waals surface area contributed by atoms with E-state index in [-0.39, 0.29) is 0 Å². The number of anilines is 1. The van der Waals surface area contributed by atoms with Crippen LogP contribution in [0.25, 0.3) is 0 Å². The van der Waals surface area contributed by atoms with Crippen molar-refractivity contribution in [1.82, 2.24) is 4.98 Å². The molecule has 0 aliphatic rings.